The van der Waals surface area contributed by atoms with Crippen LogP contribution in [-0.2, 0) is 13.1 Å². The molecule has 0 bridgehead atoms. The van der Waals surface area contributed by atoms with Crippen LogP contribution in [0.25, 0.3) is 0 Å². The van der Waals surface area contributed by atoms with E-state index in [4.69, 9.17) is 0 Å². The number of aliphatic hydroxyl groups excluding tert-OH is 1. The number of nitrogens with zero attached hydrogens (tertiary/aromatic N) is 4. The minimum Gasteiger partial charge on any atom is -0.396 e. The van der Waals surface area contributed by atoms with Gasteiger partial charge in [-0.25, -0.2) is 4.39 Å². The van der Waals surface area contributed by atoms with Gasteiger partial charge in [0, 0.05) is 68.7 Å². The van der Waals surface area contributed by atoms with Gasteiger partial charge in [-0.15, -0.1) is 0 Å². The van der Waals surface area contributed by atoms with Crippen LogP contribution in [0.1, 0.15) is 37.4 Å². The summed E-state index contributed by atoms with van der Waals surface area (Å²) in [4.78, 5) is 4.70. The average molecular weight is 360 g/mol. The third kappa shape index (κ3) is 4.69. The fourth-order valence-electron chi connectivity index (χ4n) is 3.58. The van der Waals surface area contributed by atoms with E-state index in [0.29, 0.717) is 19.0 Å². The van der Waals surface area contributed by atoms with Crippen molar-refractivity contribution in [3.8, 4) is 0 Å². The van der Waals surface area contributed by atoms with E-state index in [1.807, 2.05) is 23.0 Å². The van der Waals surface area contributed by atoms with Crippen LogP contribution in [0.5, 0.6) is 0 Å². The molecule has 1 atom stereocenters. The first-order chi connectivity index (χ1) is 12.6. The molecule has 0 amide bonds. The predicted octanol–water partition coefficient (Wildman–Crippen LogP) is 2.67. The molecule has 1 N–H and O–H groups in total. The molecule has 0 spiro atoms. The van der Waals surface area contributed by atoms with Crippen molar-refractivity contribution in [1.82, 2.24) is 19.6 Å². The zero-order chi connectivity index (χ0) is 18.5. The number of piperazine rings is 1. The van der Waals surface area contributed by atoms with Crippen LogP contribution < -0.4 is 0 Å². The zero-order valence-electron chi connectivity index (χ0n) is 15.7. The second-order valence-electron chi connectivity index (χ2n) is 7.39. The van der Waals surface area contributed by atoms with Gasteiger partial charge in [-0.1, -0.05) is 18.2 Å². The molecule has 1 aliphatic heterocycles. The van der Waals surface area contributed by atoms with Crippen LogP contribution in [0, 0.1) is 5.82 Å². The number of hydrogen-bond acceptors (Lipinski definition) is 4. The molecule has 1 aliphatic rings. The van der Waals surface area contributed by atoms with Gasteiger partial charge >= 0.3 is 0 Å². The average Bonchev–Trinajstić information content (AvgIpc) is 3.08. The molecule has 6 heteroatoms. The van der Waals surface area contributed by atoms with Gasteiger partial charge in [-0.3, -0.25) is 14.5 Å². The summed E-state index contributed by atoms with van der Waals surface area (Å²) >= 11 is 0. The first kappa shape index (κ1) is 19.0. The summed E-state index contributed by atoms with van der Waals surface area (Å²) in [5, 5.41) is 13.9. The zero-order valence-corrected chi connectivity index (χ0v) is 15.7. The molecule has 0 saturated carbocycles. The molecule has 2 heterocycles. The third-order valence-electron chi connectivity index (χ3n) is 5.07. The highest BCUT2D eigenvalue weighted by molar-refractivity contribution is 5.17. The Morgan fingerprint density at radius 1 is 1.23 bits per heavy atom. The number of rotatable bonds is 7. The van der Waals surface area contributed by atoms with Gasteiger partial charge in [0.15, 0.2) is 0 Å². The topological polar surface area (TPSA) is 44.5 Å². The first-order valence-electron chi connectivity index (χ1n) is 9.40. The molecule has 0 aliphatic carbocycles. The molecule has 0 radical (unpaired) electrons. The molecular formula is C20H29FN4O. The smallest absolute Gasteiger partial charge is 0.127 e. The van der Waals surface area contributed by atoms with E-state index in [9.17, 15) is 9.50 Å². The Balaban J connectivity index is 1.62. The van der Waals surface area contributed by atoms with Crippen LogP contribution in [0.3, 0.4) is 0 Å². The molecule has 142 valence electrons. The predicted molar refractivity (Wildman–Crippen MR) is 100 cm³/mol. The fourth-order valence-corrected chi connectivity index (χ4v) is 3.58. The van der Waals surface area contributed by atoms with E-state index in [1.54, 1.807) is 6.07 Å². The minimum atomic E-state index is -0.154. The van der Waals surface area contributed by atoms with E-state index in [0.717, 1.165) is 31.7 Å². The lowest BCUT2D eigenvalue weighted by Gasteiger charge is -2.41. The highest BCUT2D eigenvalue weighted by Gasteiger charge is 2.27. The summed E-state index contributed by atoms with van der Waals surface area (Å²) in [6, 6.07) is 7.55. The summed E-state index contributed by atoms with van der Waals surface area (Å²) in [7, 11) is 0. The Morgan fingerprint density at radius 3 is 2.73 bits per heavy atom. The second kappa shape index (κ2) is 8.75. The van der Waals surface area contributed by atoms with E-state index in [-0.39, 0.29) is 18.5 Å². The molecule has 26 heavy (non-hydrogen) atoms. The van der Waals surface area contributed by atoms with E-state index < -0.39 is 0 Å². The maximum atomic E-state index is 14.0. The molecule has 1 aromatic carbocycles. The summed E-state index contributed by atoms with van der Waals surface area (Å²) in [5.74, 6) is -0.154. The number of aliphatic hydroxyl groups is 1. The SMILES string of the molecule is CC(C)n1cc(CN2CCN(Cc3ccccc3F)[C@H](CCO)C2)cn1. The molecule has 1 fully saturated rings. The largest absolute Gasteiger partial charge is 0.396 e. The standard InChI is InChI=1S/C20H29FN4O/c1-16(2)25-13-17(11-22-25)12-23-8-9-24(19(15-23)7-10-26)14-18-5-3-4-6-20(18)21/h3-6,11,13,16,19,26H,7-10,12,14-15H2,1-2H3/t19-/m1/s1. The summed E-state index contributed by atoms with van der Waals surface area (Å²) in [6.07, 6.45) is 4.75. The number of aromatic nitrogens is 2. The van der Waals surface area contributed by atoms with Crippen molar-refractivity contribution in [2.75, 3.05) is 26.2 Å². The van der Waals surface area contributed by atoms with Gasteiger partial charge in [0.05, 0.1) is 6.20 Å². The lowest BCUT2D eigenvalue weighted by Crippen LogP contribution is -2.52. The summed E-state index contributed by atoms with van der Waals surface area (Å²) < 4.78 is 16.0. The monoisotopic (exact) mass is 360 g/mol. The highest BCUT2D eigenvalue weighted by Crippen LogP contribution is 2.20. The van der Waals surface area contributed by atoms with Gasteiger partial charge in [0.1, 0.15) is 5.82 Å². The Morgan fingerprint density at radius 2 is 2.04 bits per heavy atom. The van der Waals surface area contributed by atoms with Crippen molar-refractivity contribution in [3.63, 3.8) is 0 Å². The van der Waals surface area contributed by atoms with E-state index >= 15 is 0 Å². The molecule has 1 saturated heterocycles. The maximum absolute atomic E-state index is 14.0. The molecule has 3 rings (SSSR count). The maximum Gasteiger partial charge on any atom is 0.127 e. The van der Waals surface area contributed by atoms with Crippen molar-refractivity contribution in [2.24, 2.45) is 0 Å². The van der Waals surface area contributed by atoms with Crippen LogP contribution in [0.15, 0.2) is 36.7 Å². The lowest BCUT2D eigenvalue weighted by atomic mass is 10.1. The Labute approximate surface area is 155 Å². The molecule has 5 nitrogen and oxygen atoms in total. The van der Waals surface area contributed by atoms with E-state index in [2.05, 4.69) is 34.9 Å². The van der Waals surface area contributed by atoms with Gasteiger partial charge in [-0.2, -0.15) is 5.10 Å². The first-order valence-corrected chi connectivity index (χ1v) is 9.40. The third-order valence-corrected chi connectivity index (χ3v) is 5.07. The minimum absolute atomic E-state index is 0.150. The second-order valence-corrected chi connectivity index (χ2v) is 7.39. The van der Waals surface area contributed by atoms with Crippen LogP contribution in [0.2, 0.25) is 0 Å². The van der Waals surface area contributed by atoms with E-state index in [1.165, 1.54) is 11.6 Å². The van der Waals surface area contributed by atoms with Gasteiger partial charge in [0.2, 0.25) is 0 Å². The molecule has 1 aromatic heterocycles. The van der Waals surface area contributed by atoms with Crippen molar-refractivity contribution in [3.05, 3.63) is 53.6 Å². The molecular weight excluding hydrogens is 331 g/mol. The van der Waals surface area contributed by atoms with Gasteiger partial charge in [0.25, 0.3) is 0 Å². The normalized spacial score (nSPS) is 19.3. The van der Waals surface area contributed by atoms with Crippen molar-refractivity contribution >= 4 is 0 Å². The van der Waals surface area contributed by atoms with Crippen molar-refractivity contribution < 1.29 is 9.50 Å². The Kier molecular flexibility index (Phi) is 6.40. The Hall–Kier alpha value is -1.76. The van der Waals surface area contributed by atoms with Gasteiger partial charge in [-0.05, 0) is 26.3 Å². The molecule has 2 aromatic rings. The Bertz CT molecular complexity index is 703. The fraction of sp³-hybridized carbons (Fsp3) is 0.550. The number of hydrogen-bond donors (Lipinski definition) is 1. The lowest BCUT2D eigenvalue weighted by molar-refractivity contribution is 0.0493. The molecule has 0 unspecified atom stereocenters. The van der Waals surface area contributed by atoms with Crippen molar-refractivity contribution in [2.45, 2.75) is 45.4 Å². The van der Waals surface area contributed by atoms with Crippen LogP contribution >= 0.6 is 0 Å². The quantitative estimate of drug-likeness (QED) is 0.825. The number of benzene rings is 1. The van der Waals surface area contributed by atoms with Crippen LogP contribution in [-0.4, -0.2) is 57.0 Å². The highest BCUT2D eigenvalue weighted by atomic mass is 19.1. The number of halogens is 1. The van der Waals surface area contributed by atoms with Crippen molar-refractivity contribution in [1.29, 1.82) is 0 Å². The summed E-state index contributed by atoms with van der Waals surface area (Å²) in [5.41, 5.74) is 1.94. The summed E-state index contributed by atoms with van der Waals surface area (Å²) in [6.45, 7) is 8.53. The van der Waals surface area contributed by atoms with Crippen LogP contribution in [0.4, 0.5) is 4.39 Å². The van der Waals surface area contributed by atoms with Gasteiger partial charge < -0.3 is 5.11 Å².